The molecule has 0 atom stereocenters. The van der Waals surface area contributed by atoms with Gasteiger partial charge in [0.1, 0.15) is 5.82 Å². The van der Waals surface area contributed by atoms with Crippen LogP contribution >= 0.6 is 0 Å². The van der Waals surface area contributed by atoms with Gasteiger partial charge in [-0.1, -0.05) is 6.07 Å². The lowest BCUT2D eigenvalue weighted by Gasteiger charge is -2.03. The van der Waals surface area contributed by atoms with E-state index in [1.54, 1.807) is 24.4 Å². The Morgan fingerprint density at radius 3 is 2.86 bits per heavy atom. The van der Waals surface area contributed by atoms with Gasteiger partial charge in [-0.05, 0) is 31.2 Å². The zero-order valence-electron chi connectivity index (χ0n) is 11.7. The third-order valence-electron chi connectivity index (χ3n) is 2.83. The Balaban J connectivity index is 2.06. The van der Waals surface area contributed by atoms with Crippen molar-refractivity contribution < 1.29 is 17.5 Å². The number of aromatic nitrogens is 2. The Labute approximate surface area is 123 Å². The largest absolute Gasteiger partial charge is 0.381 e. The van der Waals surface area contributed by atoms with E-state index in [9.17, 15) is 12.8 Å². The Morgan fingerprint density at radius 2 is 2.14 bits per heavy atom. The highest BCUT2D eigenvalue weighted by Crippen LogP contribution is 2.11. The summed E-state index contributed by atoms with van der Waals surface area (Å²) in [6.45, 7) is 2.49. The van der Waals surface area contributed by atoms with Crippen LogP contribution in [0.4, 0.5) is 4.39 Å². The summed E-state index contributed by atoms with van der Waals surface area (Å²) in [5, 5.41) is 4.17. The molecule has 0 N–H and O–H groups in total. The van der Waals surface area contributed by atoms with Gasteiger partial charge in [-0.15, -0.1) is 0 Å². The Morgan fingerprint density at radius 1 is 1.33 bits per heavy atom. The van der Waals surface area contributed by atoms with Crippen LogP contribution < -0.4 is 0 Å². The summed E-state index contributed by atoms with van der Waals surface area (Å²) in [6, 6.07) is 7.56. The molecule has 21 heavy (non-hydrogen) atoms. The van der Waals surface area contributed by atoms with Crippen molar-refractivity contribution in [3.05, 3.63) is 48.0 Å². The lowest BCUT2D eigenvalue weighted by atomic mass is 10.3. The smallest absolute Gasteiger partial charge is 0.158 e. The number of nitrogens with zero attached hydrogens (tertiary/aromatic N) is 2. The van der Waals surface area contributed by atoms with Crippen LogP contribution in [0.2, 0.25) is 0 Å². The number of halogens is 1. The average Bonchev–Trinajstić information content (AvgIpc) is 2.86. The van der Waals surface area contributed by atoms with E-state index in [1.807, 2.05) is 6.92 Å². The van der Waals surface area contributed by atoms with Crippen molar-refractivity contribution in [3.8, 4) is 5.69 Å². The monoisotopic (exact) mass is 312 g/mol. The zero-order chi connectivity index (χ0) is 15.3. The quantitative estimate of drug-likeness (QED) is 0.733. The third-order valence-corrected chi connectivity index (χ3v) is 4.35. The molecule has 0 spiro atoms. The van der Waals surface area contributed by atoms with Crippen LogP contribution in [0, 0.1) is 5.82 Å². The van der Waals surface area contributed by atoms with Crippen LogP contribution in [0.3, 0.4) is 0 Å². The highest BCUT2D eigenvalue weighted by atomic mass is 32.2. The van der Waals surface area contributed by atoms with Gasteiger partial charge in [0.15, 0.2) is 9.84 Å². The maximum atomic E-state index is 13.2. The number of sulfone groups is 1. The van der Waals surface area contributed by atoms with E-state index in [1.165, 1.54) is 16.8 Å². The summed E-state index contributed by atoms with van der Waals surface area (Å²) in [5.74, 6) is -0.551. The SMILES string of the molecule is CCOCCS(=O)(=O)Cc1ccn(-c2cccc(F)c2)n1. The van der Waals surface area contributed by atoms with Gasteiger partial charge in [0.25, 0.3) is 0 Å². The Kier molecular flexibility index (Phi) is 5.08. The van der Waals surface area contributed by atoms with Crippen LogP contribution in [0.5, 0.6) is 0 Å². The highest BCUT2D eigenvalue weighted by Gasteiger charge is 2.14. The molecular weight excluding hydrogens is 295 g/mol. The molecule has 7 heteroatoms. The first kappa shape index (κ1) is 15.7. The van der Waals surface area contributed by atoms with E-state index in [0.29, 0.717) is 18.0 Å². The van der Waals surface area contributed by atoms with Gasteiger partial charge >= 0.3 is 0 Å². The molecule has 1 heterocycles. The fourth-order valence-corrected chi connectivity index (χ4v) is 2.95. The van der Waals surface area contributed by atoms with Gasteiger partial charge in [0.2, 0.25) is 0 Å². The Bertz CT molecular complexity index is 698. The first-order chi connectivity index (χ1) is 10.00. The molecule has 1 aromatic heterocycles. The molecule has 0 radical (unpaired) electrons. The van der Waals surface area contributed by atoms with Crippen LogP contribution in [0.15, 0.2) is 36.5 Å². The molecule has 0 fully saturated rings. The van der Waals surface area contributed by atoms with E-state index in [4.69, 9.17) is 4.74 Å². The summed E-state index contributed by atoms with van der Waals surface area (Å²) in [4.78, 5) is 0. The maximum absolute atomic E-state index is 13.2. The molecule has 0 aliphatic rings. The van der Waals surface area contributed by atoms with Crippen molar-refractivity contribution in [2.45, 2.75) is 12.7 Å². The molecule has 0 unspecified atom stereocenters. The molecule has 0 aliphatic heterocycles. The predicted molar refractivity (Wildman–Crippen MR) is 77.5 cm³/mol. The summed E-state index contributed by atoms with van der Waals surface area (Å²) < 4.78 is 43.4. The molecule has 114 valence electrons. The first-order valence-electron chi connectivity index (χ1n) is 6.59. The third kappa shape index (κ3) is 4.64. The van der Waals surface area contributed by atoms with Gasteiger partial charge in [0, 0.05) is 12.8 Å². The van der Waals surface area contributed by atoms with Crippen molar-refractivity contribution in [3.63, 3.8) is 0 Å². The fourth-order valence-electron chi connectivity index (χ4n) is 1.83. The van der Waals surface area contributed by atoms with E-state index in [-0.39, 0.29) is 23.9 Å². The molecule has 0 saturated carbocycles. The van der Waals surface area contributed by atoms with E-state index in [2.05, 4.69) is 5.10 Å². The number of rotatable bonds is 7. The highest BCUT2D eigenvalue weighted by molar-refractivity contribution is 7.90. The number of hydrogen-bond acceptors (Lipinski definition) is 4. The fraction of sp³-hybridized carbons (Fsp3) is 0.357. The van der Waals surface area contributed by atoms with Crippen LogP contribution in [-0.4, -0.2) is 37.2 Å². The molecule has 0 amide bonds. The molecule has 2 aromatic rings. The second-order valence-electron chi connectivity index (χ2n) is 4.52. The van der Waals surface area contributed by atoms with E-state index >= 15 is 0 Å². The summed E-state index contributed by atoms with van der Waals surface area (Å²) in [5.41, 5.74) is 0.976. The summed E-state index contributed by atoms with van der Waals surface area (Å²) >= 11 is 0. The second-order valence-corrected chi connectivity index (χ2v) is 6.70. The van der Waals surface area contributed by atoms with Gasteiger partial charge in [-0.3, -0.25) is 0 Å². The predicted octanol–water partition coefficient (Wildman–Crippen LogP) is 1.96. The second kappa shape index (κ2) is 6.82. The van der Waals surface area contributed by atoms with Crippen molar-refractivity contribution in [2.75, 3.05) is 19.0 Å². The normalized spacial score (nSPS) is 11.7. The summed E-state index contributed by atoms with van der Waals surface area (Å²) in [7, 11) is -3.26. The van der Waals surface area contributed by atoms with Gasteiger partial charge in [0.05, 0.1) is 29.5 Å². The maximum Gasteiger partial charge on any atom is 0.158 e. The standard InChI is InChI=1S/C14H17FN2O3S/c1-2-20-8-9-21(18,19)11-13-6-7-17(16-13)14-5-3-4-12(15)10-14/h3-7,10H,2,8-9,11H2,1H3. The van der Waals surface area contributed by atoms with Crippen molar-refractivity contribution in [2.24, 2.45) is 0 Å². The molecule has 0 saturated heterocycles. The topological polar surface area (TPSA) is 61.2 Å². The lowest BCUT2D eigenvalue weighted by Crippen LogP contribution is -2.14. The number of benzene rings is 1. The van der Waals surface area contributed by atoms with Gasteiger partial charge in [-0.2, -0.15) is 5.10 Å². The summed E-state index contributed by atoms with van der Waals surface area (Å²) in [6.07, 6.45) is 1.61. The first-order valence-corrected chi connectivity index (χ1v) is 8.41. The molecule has 0 bridgehead atoms. The van der Waals surface area contributed by atoms with Crippen LogP contribution in [0.1, 0.15) is 12.6 Å². The lowest BCUT2D eigenvalue weighted by molar-refractivity contribution is 0.163. The molecular formula is C14H17FN2O3S. The molecule has 1 aromatic carbocycles. The van der Waals surface area contributed by atoms with E-state index < -0.39 is 9.84 Å². The average molecular weight is 312 g/mol. The minimum atomic E-state index is -3.26. The van der Waals surface area contributed by atoms with Crippen molar-refractivity contribution in [1.29, 1.82) is 0 Å². The van der Waals surface area contributed by atoms with Crippen LogP contribution in [0.25, 0.3) is 5.69 Å². The zero-order valence-corrected chi connectivity index (χ0v) is 12.5. The van der Waals surface area contributed by atoms with Gasteiger partial charge in [-0.25, -0.2) is 17.5 Å². The van der Waals surface area contributed by atoms with Crippen molar-refractivity contribution >= 4 is 9.84 Å². The molecule has 5 nitrogen and oxygen atoms in total. The Hall–Kier alpha value is -1.73. The van der Waals surface area contributed by atoms with Gasteiger partial charge < -0.3 is 4.74 Å². The van der Waals surface area contributed by atoms with E-state index in [0.717, 1.165) is 0 Å². The molecule has 2 rings (SSSR count). The molecule has 0 aliphatic carbocycles. The number of ether oxygens (including phenoxy) is 1. The van der Waals surface area contributed by atoms with Crippen molar-refractivity contribution in [1.82, 2.24) is 9.78 Å². The minimum Gasteiger partial charge on any atom is -0.381 e. The number of hydrogen-bond donors (Lipinski definition) is 0. The minimum absolute atomic E-state index is 0.0341. The van der Waals surface area contributed by atoms with Crippen LogP contribution in [-0.2, 0) is 20.3 Å².